The smallest absolute Gasteiger partial charge is 0.338 e. The molecular formula is C12H15NO4. The van der Waals surface area contributed by atoms with Gasteiger partial charge in [-0.25, -0.2) is 4.79 Å². The number of pyridine rings is 1. The maximum atomic E-state index is 11.6. The maximum Gasteiger partial charge on any atom is 0.338 e. The molecule has 1 aromatic rings. The molecule has 0 aromatic carbocycles. The van der Waals surface area contributed by atoms with Crippen molar-refractivity contribution in [2.75, 3.05) is 13.2 Å². The van der Waals surface area contributed by atoms with Crippen LogP contribution in [0.2, 0.25) is 0 Å². The van der Waals surface area contributed by atoms with Crippen LogP contribution in [0.5, 0.6) is 0 Å². The van der Waals surface area contributed by atoms with E-state index >= 15 is 0 Å². The Labute approximate surface area is 99.8 Å². The third-order valence-corrected chi connectivity index (χ3v) is 2.04. The second-order valence-corrected chi connectivity index (χ2v) is 3.24. The molecule has 0 bridgehead atoms. The first-order valence-corrected chi connectivity index (χ1v) is 5.44. The van der Waals surface area contributed by atoms with Crippen LogP contribution in [-0.4, -0.2) is 30.1 Å². The van der Waals surface area contributed by atoms with Crippen molar-refractivity contribution < 1.29 is 19.1 Å². The number of aromatic nitrogens is 1. The van der Waals surface area contributed by atoms with E-state index < -0.39 is 5.97 Å². The minimum absolute atomic E-state index is 0.0236. The zero-order valence-corrected chi connectivity index (χ0v) is 9.93. The van der Waals surface area contributed by atoms with Gasteiger partial charge in [0.15, 0.2) is 0 Å². The van der Waals surface area contributed by atoms with Crippen molar-refractivity contribution in [1.29, 1.82) is 0 Å². The number of ether oxygens (including phenoxy) is 2. The number of carbonyl (C=O) groups excluding carboxylic acids is 2. The van der Waals surface area contributed by atoms with Crippen LogP contribution >= 0.6 is 0 Å². The van der Waals surface area contributed by atoms with Crippen LogP contribution in [0.3, 0.4) is 0 Å². The van der Waals surface area contributed by atoms with E-state index in [1.807, 2.05) is 0 Å². The van der Waals surface area contributed by atoms with Crippen molar-refractivity contribution in [3.63, 3.8) is 0 Å². The van der Waals surface area contributed by atoms with E-state index in [-0.39, 0.29) is 12.4 Å². The van der Waals surface area contributed by atoms with E-state index in [9.17, 15) is 9.59 Å². The molecular weight excluding hydrogens is 222 g/mol. The molecule has 0 spiro atoms. The average molecular weight is 237 g/mol. The summed E-state index contributed by atoms with van der Waals surface area (Å²) in [4.78, 5) is 26.8. The number of hydrogen-bond acceptors (Lipinski definition) is 5. The Balaban J connectivity index is 2.84. The fourth-order valence-electron chi connectivity index (χ4n) is 1.34. The molecule has 92 valence electrons. The van der Waals surface area contributed by atoms with Gasteiger partial charge in [0.05, 0.1) is 25.2 Å². The van der Waals surface area contributed by atoms with Gasteiger partial charge in [-0.2, -0.15) is 0 Å². The normalized spacial score (nSPS) is 9.76. The minimum Gasteiger partial charge on any atom is -0.466 e. The van der Waals surface area contributed by atoms with E-state index in [1.54, 1.807) is 13.8 Å². The summed E-state index contributed by atoms with van der Waals surface area (Å²) < 4.78 is 9.71. The zero-order valence-electron chi connectivity index (χ0n) is 9.93. The quantitative estimate of drug-likeness (QED) is 0.723. The molecule has 1 heterocycles. The van der Waals surface area contributed by atoms with Crippen LogP contribution in [0.4, 0.5) is 0 Å². The fraction of sp³-hybridized carbons (Fsp3) is 0.417. The molecule has 0 aliphatic carbocycles. The van der Waals surface area contributed by atoms with Gasteiger partial charge in [-0.1, -0.05) is 0 Å². The van der Waals surface area contributed by atoms with Crippen molar-refractivity contribution in [3.05, 3.63) is 29.6 Å². The molecule has 5 heteroatoms. The van der Waals surface area contributed by atoms with Gasteiger partial charge in [0.25, 0.3) is 0 Å². The van der Waals surface area contributed by atoms with Gasteiger partial charge in [-0.15, -0.1) is 0 Å². The number of hydrogen-bond donors (Lipinski definition) is 0. The molecule has 1 aromatic heterocycles. The zero-order chi connectivity index (χ0) is 12.7. The largest absolute Gasteiger partial charge is 0.466 e. The average Bonchev–Trinajstić information content (AvgIpc) is 2.30. The SMILES string of the molecule is CCOC(=O)Cc1cnccc1C(=O)OCC. The molecule has 0 amide bonds. The van der Waals surface area contributed by atoms with E-state index in [4.69, 9.17) is 9.47 Å². The van der Waals surface area contributed by atoms with Gasteiger partial charge < -0.3 is 9.47 Å². The molecule has 0 radical (unpaired) electrons. The predicted molar refractivity (Wildman–Crippen MR) is 60.5 cm³/mol. The molecule has 5 nitrogen and oxygen atoms in total. The summed E-state index contributed by atoms with van der Waals surface area (Å²) in [5.74, 6) is -0.833. The van der Waals surface area contributed by atoms with E-state index in [0.717, 1.165) is 0 Å². The van der Waals surface area contributed by atoms with Crippen molar-refractivity contribution in [3.8, 4) is 0 Å². The predicted octanol–water partition coefficient (Wildman–Crippen LogP) is 1.36. The number of nitrogens with zero attached hydrogens (tertiary/aromatic N) is 1. The van der Waals surface area contributed by atoms with Gasteiger partial charge >= 0.3 is 11.9 Å². The van der Waals surface area contributed by atoms with Crippen molar-refractivity contribution in [2.24, 2.45) is 0 Å². The van der Waals surface area contributed by atoms with Gasteiger partial charge in [-0.3, -0.25) is 9.78 Å². The molecule has 0 saturated carbocycles. The topological polar surface area (TPSA) is 65.5 Å². The molecule has 1 rings (SSSR count). The Morgan fingerprint density at radius 1 is 1.24 bits per heavy atom. The van der Waals surface area contributed by atoms with E-state index in [1.165, 1.54) is 18.5 Å². The van der Waals surface area contributed by atoms with Crippen LogP contribution in [0.1, 0.15) is 29.8 Å². The molecule has 0 fully saturated rings. The summed E-state index contributed by atoms with van der Waals surface area (Å²) in [5, 5.41) is 0. The van der Waals surface area contributed by atoms with Crippen molar-refractivity contribution in [2.45, 2.75) is 20.3 Å². The number of carbonyl (C=O) groups is 2. The van der Waals surface area contributed by atoms with Gasteiger partial charge in [-0.05, 0) is 25.5 Å². The molecule has 0 aliphatic heterocycles. The molecule has 0 atom stereocenters. The highest BCUT2D eigenvalue weighted by atomic mass is 16.5. The molecule has 0 saturated heterocycles. The number of rotatable bonds is 5. The Morgan fingerprint density at radius 2 is 1.94 bits per heavy atom. The summed E-state index contributed by atoms with van der Waals surface area (Å²) >= 11 is 0. The highest BCUT2D eigenvalue weighted by Gasteiger charge is 2.15. The lowest BCUT2D eigenvalue weighted by molar-refractivity contribution is -0.142. The monoisotopic (exact) mass is 237 g/mol. The van der Waals surface area contributed by atoms with Crippen LogP contribution in [-0.2, 0) is 20.7 Å². The van der Waals surface area contributed by atoms with Crippen molar-refractivity contribution >= 4 is 11.9 Å². The number of esters is 2. The van der Waals surface area contributed by atoms with E-state index in [0.29, 0.717) is 24.3 Å². The first-order valence-electron chi connectivity index (χ1n) is 5.44. The maximum absolute atomic E-state index is 11.6. The first-order chi connectivity index (χ1) is 8.19. The Morgan fingerprint density at radius 3 is 2.59 bits per heavy atom. The minimum atomic E-state index is -0.450. The van der Waals surface area contributed by atoms with Crippen LogP contribution in [0, 0.1) is 0 Å². The molecule has 17 heavy (non-hydrogen) atoms. The highest BCUT2D eigenvalue weighted by molar-refractivity contribution is 5.92. The molecule has 0 unspecified atom stereocenters. The summed E-state index contributed by atoms with van der Waals surface area (Å²) in [7, 11) is 0. The van der Waals surface area contributed by atoms with Crippen molar-refractivity contribution in [1.82, 2.24) is 4.98 Å². The summed E-state index contributed by atoms with van der Waals surface area (Å²) in [6.07, 6.45) is 2.99. The Kier molecular flexibility index (Phi) is 5.13. The lowest BCUT2D eigenvalue weighted by Crippen LogP contribution is -2.13. The third-order valence-electron chi connectivity index (χ3n) is 2.04. The van der Waals surface area contributed by atoms with Crippen LogP contribution in [0.25, 0.3) is 0 Å². The third kappa shape index (κ3) is 3.86. The summed E-state index contributed by atoms with van der Waals surface area (Å²) in [5.41, 5.74) is 0.874. The Hall–Kier alpha value is -1.91. The summed E-state index contributed by atoms with van der Waals surface area (Å²) in [6, 6.07) is 1.53. The molecule has 0 aliphatic rings. The summed E-state index contributed by atoms with van der Waals surface area (Å²) in [6.45, 7) is 4.06. The standard InChI is InChI=1S/C12H15NO4/c1-3-16-11(14)7-9-8-13-6-5-10(9)12(15)17-4-2/h5-6,8H,3-4,7H2,1-2H3. The lowest BCUT2D eigenvalue weighted by Gasteiger charge is -2.07. The van der Waals surface area contributed by atoms with Gasteiger partial charge in [0.2, 0.25) is 0 Å². The van der Waals surface area contributed by atoms with Gasteiger partial charge in [0.1, 0.15) is 0 Å². The van der Waals surface area contributed by atoms with Crippen LogP contribution in [0.15, 0.2) is 18.5 Å². The lowest BCUT2D eigenvalue weighted by atomic mass is 10.1. The first kappa shape index (κ1) is 13.2. The Bertz CT molecular complexity index is 403. The molecule has 0 N–H and O–H groups in total. The van der Waals surface area contributed by atoms with Gasteiger partial charge in [0, 0.05) is 12.4 Å². The van der Waals surface area contributed by atoms with E-state index in [2.05, 4.69) is 4.98 Å². The highest BCUT2D eigenvalue weighted by Crippen LogP contribution is 2.10. The van der Waals surface area contributed by atoms with Crippen LogP contribution < -0.4 is 0 Å². The fourth-order valence-corrected chi connectivity index (χ4v) is 1.34. The second kappa shape index (κ2) is 6.62. The second-order valence-electron chi connectivity index (χ2n) is 3.24.